The van der Waals surface area contributed by atoms with Crippen LogP contribution in [0.3, 0.4) is 0 Å². The zero-order valence-electron chi connectivity index (χ0n) is 11.7. The van der Waals surface area contributed by atoms with Crippen molar-refractivity contribution in [1.82, 2.24) is 5.09 Å². The molecule has 1 atom stereocenters. The summed E-state index contributed by atoms with van der Waals surface area (Å²) in [4.78, 5) is 12.0. The zero-order chi connectivity index (χ0) is 13.5. The molecule has 0 saturated carbocycles. The monoisotopic (exact) mass is 259 g/mol. The van der Waals surface area contributed by atoms with Crippen molar-refractivity contribution in [2.45, 2.75) is 46.6 Å². The maximum Gasteiger partial charge on any atom is 0.341 e. The van der Waals surface area contributed by atoms with E-state index in [1.165, 1.54) is 0 Å². The van der Waals surface area contributed by atoms with E-state index in [1.807, 2.05) is 26.8 Å². The molecule has 100 valence electrons. The lowest BCUT2D eigenvalue weighted by molar-refractivity contribution is 0.0724. The number of ether oxygens (including phenoxy) is 1. The molecule has 0 aliphatic rings. The summed E-state index contributed by atoms with van der Waals surface area (Å²) < 4.78 is 5.43. The van der Waals surface area contributed by atoms with Crippen LogP contribution < -0.4 is 5.09 Å². The minimum absolute atomic E-state index is 0.0923. The zero-order valence-corrected chi connectivity index (χ0v) is 12.6. The van der Waals surface area contributed by atoms with Gasteiger partial charge >= 0.3 is 5.71 Å². The van der Waals surface area contributed by atoms with Gasteiger partial charge in [-0.15, -0.1) is 6.58 Å². The summed E-state index contributed by atoms with van der Waals surface area (Å²) in [5, 5.41) is 3.29. The van der Waals surface area contributed by atoms with Gasteiger partial charge in [0.05, 0.1) is 8.07 Å². The molecule has 0 aliphatic heterocycles. The van der Waals surface area contributed by atoms with Crippen LogP contribution in [0.25, 0.3) is 0 Å². The van der Waals surface area contributed by atoms with E-state index in [-0.39, 0.29) is 5.71 Å². The lowest BCUT2D eigenvalue weighted by Gasteiger charge is -2.25. The average molecular weight is 259 g/mol. The van der Waals surface area contributed by atoms with Crippen molar-refractivity contribution in [2.24, 2.45) is 5.92 Å². The van der Waals surface area contributed by atoms with Crippen molar-refractivity contribution in [3.8, 4) is 0 Å². The molecule has 0 amide bonds. The quantitative estimate of drug-likeness (QED) is 0.424. The molecular weight excluding hydrogens is 233 g/mol. The standard InChI is InChI=1S/C13H26NO2P/c1-7-8-9-14-17(10-11(2)3)12(15)16-13(4,5)6/h7,11,14H,1,8-10H2,2-6H3. The van der Waals surface area contributed by atoms with Crippen molar-refractivity contribution < 1.29 is 9.53 Å². The largest absolute Gasteiger partial charge is 0.456 e. The fraction of sp³-hybridized carbons (Fsp3) is 0.769. The maximum absolute atomic E-state index is 12.0. The lowest BCUT2D eigenvalue weighted by Crippen LogP contribution is -2.26. The summed E-state index contributed by atoms with van der Waals surface area (Å²) >= 11 is 0. The van der Waals surface area contributed by atoms with Crippen molar-refractivity contribution in [2.75, 3.05) is 12.7 Å². The normalized spacial score (nSPS) is 13.5. The van der Waals surface area contributed by atoms with Crippen LogP contribution >= 0.6 is 8.07 Å². The van der Waals surface area contributed by atoms with E-state index < -0.39 is 13.7 Å². The third-order valence-electron chi connectivity index (χ3n) is 1.81. The second kappa shape index (κ2) is 7.84. The Morgan fingerprint density at radius 2 is 2.06 bits per heavy atom. The van der Waals surface area contributed by atoms with Crippen LogP contribution in [0.15, 0.2) is 12.7 Å². The van der Waals surface area contributed by atoms with Gasteiger partial charge in [0.15, 0.2) is 0 Å². The van der Waals surface area contributed by atoms with E-state index in [1.54, 1.807) is 0 Å². The maximum atomic E-state index is 12.0. The first-order chi connectivity index (χ1) is 7.76. The number of hydrogen-bond donors (Lipinski definition) is 1. The molecule has 0 spiro atoms. The second-order valence-electron chi connectivity index (χ2n) is 5.47. The van der Waals surface area contributed by atoms with Crippen molar-refractivity contribution in [3.63, 3.8) is 0 Å². The molecule has 17 heavy (non-hydrogen) atoms. The van der Waals surface area contributed by atoms with Gasteiger partial charge in [0.25, 0.3) is 0 Å². The summed E-state index contributed by atoms with van der Waals surface area (Å²) in [6, 6.07) is 0. The number of rotatable bonds is 7. The minimum atomic E-state index is -0.896. The molecule has 0 aliphatic carbocycles. The Kier molecular flexibility index (Phi) is 7.65. The van der Waals surface area contributed by atoms with Crippen LogP contribution in [-0.4, -0.2) is 24.0 Å². The van der Waals surface area contributed by atoms with E-state index in [2.05, 4.69) is 25.5 Å². The van der Waals surface area contributed by atoms with Gasteiger partial charge < -0.3 is 4.74 Å². The molecule has 0 heterocycles. The van der Waals surface area contributed by atoms with Gasteiger partial charge in [-0.25, -0.2) is 4.79 Å². The van der Waals surface area contributed by atoms with Crippen molar-refractivity contribution in [1.29, 1.82) is 0 Å². The highest BCUT2D eigenvalue weighted by Gasteiger charge is 2.25. The average Bonchev–Trinajstić information content (AvgIpc) is 2.13. The van der Waals surface area contributed by atoms with E-state index >= 15 is 0 Å². The summed E-state index contributed by atoms with van der Waals surface area (Å²) in [5.74, 6) is 0.491. The van der Waals surface area contributed by atoms with Crippen LogP contribution in [0.4, 0.5) is 4.79 Å². The first kappa shape index (κ1) is 16.6. The smallest absolute Gasteiger partial charge is 0.341 e. The van der Waals surface area contributed by atoms with E-state index in [4.69, 9.17) is 4.74 Å². The predicted molar refractivity (Wildman–Crippen MR) is 75.7 cm³/mol. The molecule has 0 bridgehead atoms. The molecule has 0 fully saturated rings. The lowest BCUT2D eigenvalue weighted by atomic mass is 10.2. The Labute approximate surface area is 107 Å². The molecule has 0 radical (unpaired) electrons. The summed E-state index contributed by atoms with van der Waals surface area (Å²) in [6.07, 6.45) is 3.59. The van der Waals surface area contributed by atoms with Gasteiger partial charge in [0, 0.05) is 6.54 Å². The SMILES string of the molecule is C=CCCNP(CC(C)C)C(=O)OC(C)(C)C. The highest BCUT2D eigenvalue weighted by Crippen LogP contribution is 2.37. The van der Waals surface area contributed by atoms with Gasteiger partial charge in [0.1, 0.15) is 5.60 Å². The van der Waals surface area contributed by atoms with Gasteiger partial charge in [0.2, 0.25) is 0 Å². The fourth-order valence-corrected chi connectivity index (χ4v) is 3.11. The third kappa shape index (κ3) is 9.31. The molecule has 0 aromatic heterocycles. The molecule has 0 aromatic carbocycles. The molecular formula is C13H26NO2P. The van der Waals surface area contributed by atoms with Gasteiger partial charge in [-0.3, -0.25) is 5.09 Å². The fourth-order valence-electron chi connectivity index (χ4n) is 1.19. The topological polar surface area (TPSA) is 38.3 Å². The van der Waals surface area contributed by atoms with Crippen LogP contribution in [-0.2, 0) is 4.74 Å². The Morgan fingerprint density at radius 1 is 1.47 bits per heavy atom. The Bertz CT molecular complexity index is 246. The van der Waals surface area contributed by atoms with Crippen LogP contribution in [0.2, 0.25) is 0 Å². The van der Waals surface area contributed by atoms with Gasteiger partial charge in [-0.1, -0.05) is 19.9 Å². The van der Waals surface area contributed by atoms with E-state index in [0.29, 0.717) is 5.92 Å². The second-order valence-corrected chi connectivity index (χ2v) is 7.37. The molecule has 3 nitrogen and oxygen atoms in total. The van der Waals surface area contributed by atoms with Gasteiger partial charge in [-0.2, -0.15) is 0 Å². The number of carbonyl (C=O) groups excluding carboxylic acids is 1. The van der Waals surface area contributed by atoms with Crippen LogP contribution in [0, 0.1) is 5.92 Å². The molecule has 0 rings (SSSR count). The number of hydrogen-bond acceptors (Lipinski definition) is 3. The predicted octanol–water partition coefficient (Wildman–Crippen LogP) is 4.14. The van der Waals surface area contributed by atoms with Crippen molar-refractivity contribution >= 4 is 13.8 Å². The van der Waals surface area contributed by atoms with E-state index in [9.17, 15) is 4.79 Å². The summed E-state index contributed by atoms with van der Waals surface area (Å²) in [7, 11) is -0.896. The molecule has 4 heteroatoms. The van der Waals surface area contributed by atoms with E-state index in [0.717, 1.165) is 19.1 Å². The van der Waals surface area contributed by atoms with Crippen LogP contribution in [0.1, 0.15) is 41.0 Å². The number of carbonyl (C=O) groups is 1. The summed E-state index contributed by atoms with van der Waals surface area (Å²) in [5.41, 5.74) is -0.500. The Hall–Kier alpha value is -0.400. The highest BCUT2D eigenvalue weighted by molar-refractivity contribution is 7.72. The first-order valence-electron chi connectivity index (χ1n) is 6.11. The number of nitrogens with one attached hydrogen (secondary N) is 1. The minimum Gasteiger partial charge on any atom is -0.456 e. The Balaban J connectivity index is 4.34. The van der Waals surface area contributed by atoms with Crippen LogP contribution in [0.5, 0.6) is 0 Å². The Morgan fingerprint density at radius 3 is 2.47 bits per heavy atom. The highest BCUT2D eigenvalue weighted by atomic mass is 31.1. The first-order valence-corrected chi connectivity index (χ1v) is 7.64. The van der Waals surface area contributed by atoms with Crippen molar-refractivity contribution in [3.05, 3.63) is 12.7 Å². The van der Waals surface area contributed by atoms with Gasteiger partial charge in [-0.05, 0) is 39.3 Å². The molecule has 1 unspecified atom stereocenters. The molecule has 0 saturated heterocycles. The molecule has 1 N–H and O–H groups in total. The third-order valence-corrected chi connectivity index (χ3v) is 4.05. The molecule has 0 aromatic rings. The summed E-state index contributed by atoms with van der Waals surface area (Å²) in [6.45, 7) is 14.4.